The highest BCUT2D eigenvalue weighted by molar-refractivity contribution is 5.52. The summed E-state index contributed by atoms with van der Waals surface area (Å²) in [5, 5.41) is 3.10. The van der Waals surface area contributed by atoms with Crippen molar-refractivity contribution in [1.82, 2.24) is 19.5 Å². The van der Waals surface area contributed by atoms with Crippen molar-refractivity contribution >= 4 is 11.8 Å². The first-order valence-corrected chi connectivity index (χ1v) is 7.00. The third-order valence-electron chi connectivity index (χ3n) is 3.29. The summed E-state index contributed by atoms with van der Waals surface area (Å²) in [5.74, 6) is 1.07. The Kier molecular flexibility index (Phi) is 3.50. The van der Waals surface area contributed by atoms with Crippen LogP contribution in [-0.4, -0.2) is 19.5 Å². The Morgan fingerprint density at radius 2 is 1.68 bits per heavy atom. The van der Waals surface area contributed by atoms with Gasteiger partial charge in [-0.05, 0) is 39.0 Å². The average Bonchev–Trinajstić information content (AvgIpc) is 2.80. The van der Waals surface area contributed by atoms with Crippen LogP contribution < -0.4 is 11.0 Å². The van der Waals surface area contributed by atoms with Crippen molar-refractivity contribution in [2.75, 3.05) is 5.32 Å². The number of nitrogens with zero attached hydrogens (tertiary/aromatic N) is 3. The van der Waals surface area contributed by atoms with Crippen molar-refractivity contribution in [1.29, 1.82) is 0 Å². The van der Waals surface area contributed by atoms with E-state index in [0.29, 0.717) is 11.8 Å². The van der Waals surface area contributed by atoms with Gasteiger partial charge in [-0.1, -0.05) is 17.7 Å². The van der Waals surface area contributed by atoms with Crippen LogP contribution in [0.5, 0.6) is 0 Å². The van der Waals surface area contributed by atoms with Crippen LogP contribution in [0.3, 0.4) is 0 Å². The molecule has 2 aromatic heterocycles. The molecule has 0 bridgehead atoms. The number of hydrogen-bond acceptors (Lipinski definition) is 4. The smallest absolute Gasteiger partial charge is 0.310 e. The highest BCUT2D eigenvalue weighted by Crippen LogP contribution is 2.17. The number of imidazole rings is 1. The summed E-state index contributed by atoms with van der Waals surface area (Å²) in [5.41, 5.74) is 3.45. The van der Waals surface area contributed by atoms with Crippen LogP contribution in [-0.2, 0) is 0 Å². The van der Waals surface area contributed by atoms with Gasteiger partial charge in [0.25, 0.3) is 0 Å². The first-order chi connectivity index (χ1) is 10.5. The van der Waals surface area contributed by atoms with Crippen LogP contribution in [0.4, 0.5) is 11.8 Å². The van der Waals surface area contributed by atoms with Gasteiger partial charge in [0.05, 0.1) is 5.69 Å². The Labute approximate surface area is 127 Å². The number of aromatic amines is 1. The van der Waals surface area contributed by atoms with Crippen LogP contribution in [0.25, 0.3) is 5.69 Å². The van der Waals surface area contributed by atoms with E-state index in [-0.39, 0.29) is 5.69 Å². The Morgan fingerprint density at radius 1 is 1.05 bits per heavy atom. The molecule has 2 heterocycles. The minimum absolute atomic E-state index is 0.212. The van der Waals surface area contributed by atoms with Gasteiger partial charge >= 0.3 is 5.69 Å². The summed E-state index contributed by atoms with van der Waals surface area (Å²) in [6.45, 7) is 5.82. The molecule has 0 fully saturated rings. The van der Waals surface area contributed by atoms with E-state index in [0.717, 1.165) is 22.6 Å². The van der Waals surface area contributed by atoms with Crippen molar-refractivity contribution < 1.29 is 0 Å². The molecule has 0 amide bonds. The van der Waals surface area contributed by atoms with Gasteiger partial charge in [0.15, 0.2) is 0 Å². The number of nitrogens with one attached hydrogen (secondary N) is 2. The first-order valence-electron chi connectivity index (χ1n) is 7.00. The zero-order valence-electron chi connectivity index (χ0n) is 12.7. The van der Waals surface area contributed by atoms with Crippen LogP contribution >= 0.6 is 0 Å². The minimum Gasteiger partial charge on any atom is -0.310 e. The molecular weight excluding hydrogens is 278 g/mol. The molecule has 1 aromatic carbocycles. The standard InChI is InChI=1S/C16H17N5O/c1-10-4-6-13(7-5-10)21-14(9-17-16(21)22)20-15-18-11(2)8-12(3)19-15/h4-9H,1-3H3,(H,17,22)(H,18,19,20). The second kappa shape index (κ2) is 5.48. The number of H-pyrrole nitrogens is 1. The highest BCUT2D eigenvalue weighted by Gasteiger charge is 2.10. The lowest BCUT2D eigenvalue weighted by atomic mass is 10.2. The van der Waals surface area contributed by atoms with Crippen LogP contribution in [0.15, 0.2) is 41.3 Å². The van der Waals surface area contributed by atoms with Crippen molar-refractivity contribution in [2.45, 2.75) is 20.8 Å². The fraction of sp³-hybridized carbons (Fsp3) is 0.188. The lowest BCUT2D eigenvalue weighted by Gasteiger charge is -2.09. The second-order valence-electron chi connectivity index (χ2n) is 5.25. The normalized spacial score (nSPS) is 10.7. The Bertz CT molecular complexity index is 841. The molecule has 6 nitrogen and oxygen atoms in total. The van der Waals surface area contributed by atoms with Crippen molar-refractivity contribution in [3.8, 4) is 5.69 Å². The molecule has 0 unspecified atom stereocenters. The van der Waals surface area contributed by atoms with Gasteiger partial charge in [-0.15, -0.1) is 0 Å². The molecule has 0 aliphatic rings. The van der Waals surface area contributed by atoms with Gasteiger partial charge in [0.2, 0.25) is 5.95 Å². The van der Waals surface area contributed by atoms with Gasteiger partial charge < -0.3 is 10.3 Å². The van der Waals surface area contributed by atoms with Crippen molar-refractivity contribution in [3.05, 3.63) is 64.0 Å². The molecule has 6 heteroatoms. The Hall–Kier alpha value is -2.89. The van der Waals surface area contributed by atoms with Gasteiger partial charge in [-0.3, -0.25) is 0 Å². The SMILES string of the molecule is Cc1ccc(-n2c(Nc3nc(C)cc(C)n3)c[nH]c2=O)cc1. The maximum atomic E-state index is 12.1. The van der Waals surface area contributed by atoms with Crippen LogP contribution in [0.1, 0.15) is 17.0 Å². The molecular formula is C16H17N5O. The molecule has 0 radical (unpaired) electrons. The molecule has 3 rings (SSSR count). The summed E-state index contributed by atoms with van der Waals surface area (Å²) in [6.07, 6.45) is 1.61. The van der Waals surface area contributed by atoms with Gasteiger partial charge in [0, 0.05) is 17.6 Å². The number of rotatable bonds is 3. The Morgan fingerprint density at radius 3 is 2.32 bits per heavy atom. The monoisotopic (exact) mass is 295 g/mol. The molecule has 0 saturated heterocycles. The zero-order chi connectivity index (χ0) is 15.7. The molecule has 3 aromatic rings. The number of aryl methyl sites for hydroxylation is 3. The van der Waals surface area contributed by atoms with Gasteiger partial charge in [-0.25, -0.2) is 19.3 Å². The number of benzene rings is 1. The number of aromatic nitrogens is 4. The van der Waals surface area contributed by atoms with Gasteiger partial charge in [0.1, 0.15) is 5.82 Å². The second-order valence-corrected chi connectivity index (χ2v) is 5.25. The van der Waals surface area contributed by atoms with E-state index in [1.54, 1.807) is 10.8 Å². The van der Waals surface area contributed by atoms with E-state index < -0.39 is 0 Å². The fourth-order valence-electron chi connectivity index (χ4n) is 2.31. The van der Waals surface area contributed by atoms with Crippen molar-refractivity contribution in [2.24, 2.45) is 0 Å². The average molecular weight is 295 g/mol. The zero-order valence-corrected chi connectivity index (χ0v) is 12.7. The highest BCUT2D eigenvalue weighted by atomic mass is 16.1. The first kappa shape index (κ1) is 14.1. The summed E-state index contributed by atoms with van der Waals surface area (Å²) in [6, 6.07) is 9.63. The predicted molar refractivity (Wildman–Crippen MR) is 85.9 cm³/mol. The van der Waals surface area contributed by atoms with Crippen LogP contribution in [0, 0.1) is 20.8 Å². The topological polar surface area (TPSA) is 75.6 Å². The van der Waals surface area contributed by atoms with E-state index in [2.05, 4.69) is 20.3 Å². The van der Waals surface area contributed by atoms with Crippen LogP contribution in [0.2, 0.25) is 0 Å². The lowest BCUT2D eigenvalue weighted by Crippen LogP contribution is -2.16. The number of anilines is 2. The molecule has 22 heavy (non-hydrogen) atoms. The largest absolute Gasteiger partial charge is 0.331 e. The minimum atomic E-state index is -0.212. The van der Waals surface area contributed by atoms with E-state index in [1.165, 1.54) is 0 Å². The van der Waals surface area contributed by atoms with Crippen molar-refractivity contribution in [3.63, 3.8) is 0 Å². The molecule has 0 spiro atoms. The Balaban J connectivity index is 2.02. The lowest BCUT2D eigenvalue weighted by molar-refractivity contribution is 0.979. The van der Waals surface area contributed by atoms with Gasteiger partial charge in [-0.2, -0.15) is 0 Å². The molecule has 112 valence electrons. The van der Waals surface area contributed by atoms with E-state index in [1.807, 2.05) is 51.1 Å². The molecule has 0 aliphatic heterocycles. The molecule has 0 atom stereocenters. The maximum absolute atomic E-state index is 12.1. The summed E-state index contributed by atoms with van der Waals surface area (Å²) >= 11 is 0. The predicted octanol–water partition coefficient (Wildman–Crippen LogP) is 2.62. The third-order valence-corrected chi connectivity index (χ3v) is 3.29. The third kappa shape index (κ3) is 2.76. The molecule has 0 saturated carbocycles. The molecule has 0 aliphatic carbocycles. The number of hydrogen-bond donors (Lipinski definition) is 2. The fourth-order valence-corrected chi connectivity index (χ4v) is 2.31. The maximum Gasteiger partial charge on any atom is 0.331 e. The molecule has 2 N–H and O–H groups in total. The van der Waals surface area contributed by atoms with E-state index in [4.69, 9.17) is 0 Å². The summed E-state index contributed by atoms with van der Waals surface area (Å²) in [4.78, 5) is 23.4. The quantitative estimate of drug-likeness (QED) is 0.779. The van der Waals surface area contributed by atoms with E-state index in [9.17, 15) is 4.79 Å². The summed E-state index contributed by atoms with van der Waals surface area (Å²) in [7, 11) is 0. The van der Waals surface area contributed by atoms with E-state index >= 15 is 0 Å². The summed E-state index contributed by atoms with van der Waals surface area (Å²) < 4.78 is 1.56.